The third-order valence-corrected chi connectivity index (χ3v) is 5.31. The fourth-order valence-electron chi connectivity index (χ4n) is 3.25. The zero-order valence-electron chi connectivity index (χ0n) is 20.9. The number of esters is 2. The molecule has 0 N–H and O–H groups in total. The first-order chi connectivity index (χ1) is 17.6. The van der Waals surface area contributed by atoms with Gasteiger partial charge in [0.15, 0.2) is 0 Å². The molecule has 1 heterocycles. The van der Waals surface area contributed by atoms with Crippen molar-refractivity contribution in [3.05, 3.63) is 78.1 Å². The number of hydrogen-bond donors (Lipinski definition) is 0. The third-order valence-electron chi connectivity index (χ3n) is 5.31. The molecule has 0 saturated carbocycles. The van der Waals surface area contributed by atoms with Gasteiger partial charge in [0, 0.05) is 6.20 Å². The van der Waals surface area contributed by atoms with E-state index in [2.05, 4.69) is 18.8 Å². The number of pyridine rings is 1. The molecule has 0 aliphatic carbocycles. The molecule has 7 heteroatoms. The van der Waals surface area contributed by atoms with Gasteiger partial charge in [-0.1, -0.05) is 39.5 Å². The maximum Gasteiger partial charge on any atom is 0.362 e. The average molecular weight is 492 g/mol. The van der Waals surface area contributed by atoms with Crippen molar-refractivity contribution < 1.29 is 28.5 Å². The molecule has 0 aliphatic heterocycles. The van der Waals surface area contributed by atoms with Crippen LogP contribution in [0.4, 0.5) is 0 Å². The summed E-state index contributed by atoms with van der Waals surface area (Å²) in [4.78, 5) is 28.9. The van der Waals surface area contributed by atoms with Crippen LogP contribution in [0, 0.1) is 0 Å². The molecule has 0 bridgehead atoms. The Hall–Kier alpha value is -3.87. The second kappa shape index (κ2) is 14.5. The van der Waals surface area contributed by atoms with Gasteiger partial charge in [-0.3, -0.25) is 0 Å². The molecule has 0 radical (unpaired) electrons. The molecule has 0 fully saturated rings. The largest absolute Gasteiger partial charge is 0.494 e. The average Bonchev–Trinajstić information content (AvgIpc) is 2.91. The van der Waals surface area contributed by atoms with Crippen LogP contribution in [0.15, 0.2) is 66.9 Å². The Morgan fingerprint density at radius 3 is 1.53 bits per heavy atom. The minimum absolute atomic E-state index is 0.0796. The van der Waals surface area contributed by atoms with Crippen molar-refractivity contribution in [2.45, 2.75) is 52.4 Å². The maximum atomic E-state index is 12.4. The van der Waals surface area contributed by atoms with Gasteiger partial charge >= 0.3 is 11.9 Å². The molecule has 0 amide bonds. The van der Waals surface area contributed by atoms with E-state index < -0.39 is 11.9 Å². The first kappa shape index (κ1) is 26.7. The van der Waals surface area contributed by atoms with Gasteiger partial charge in [0.05, 0.1) is 18.8 Å². The predicted octanol–water partition coefficient (Wildman–Crippen LogP) is 6.66. The van der Waals surface area contributed by atoms with Crippen LogP contribution in [0.2, 0.25) is 0 Å². The van der Waals surface area contributed by atoms with Crippen molar-refractivity contribution in [1.82, 2.24) is 4.98 Å². The highest BCUT2D eigenvalue weighted by atomic mass is 16.5. The topological polar surface area (TPSA) is 84.0 Å². The number of hydrogen-bond acceptors (Lipinski definition) is 7. The van der Waals surface area contributed by atoms with Crippen LogP contribution in [0.25, 0.3) is 0 Å². The van der Waals surface area contributed by atoms with Gasteiger partial charge in [0.1, 0.15) is 28.7 Å². The van der Waals surface area contributed by atoms with E-state index in [1.807, 2.05) is 0 Å². The lowest BCUT2D eigenvalue weighted by molar-refractivity contribution is 0.0715. The Balaban J connectivity index is 1.48. The fourth-order valence-corrected chi connectivity index (χ4v) is 3.25. The minimum atomic E-state index is -0.624. The van der Waals surface area contributed by atoms with E-state index in [0.717, 1.165) is 50.0 Å². The molecule has 7 nitrogen and oxygen atoms in total. The van der Waals surface area contributed by atoms with Crippen LogP contribution in [0.3, 0.4) is 0 Å². The van der Waals surface area contributed by atoms with Crippen LogP contribution < -0.4 is 18.9 Å². The summed E-state index contributed by atoms with van der Waals surface area (Å²) in [5.74, 6) is 1.02. The van der Waals surface area contributed by atoms with E-state index in [9.17, 15) is 9.59 Å². The zero-order chi connectivity index (χ0) is 25.6. The molecule has 190 valence electrons. The normalized spacial score (nSPS) is 10.5. The molecule has 0 unspecified atom stereocenters. The molecular formula is C29H33NO6. The highest BCUT2D eigenvalue weighted by Gasteiger charge is 2.14. The van der Waals surface area contributed by atoms with Gasteiger partial charge in [0.2, 0.25) is 0 Å². The molecule has 3 aromatic rings. The number of carbonyl (C=O) groups is 2. The molecule has 0 spiro atoms. The smallest absolute Gasteiger partial charge is 0.362 e. The molecule has 1 aromatic heterocycles. The highest BCUT2D eigenvalue weighted by Crippen LogP contribution is 2.20. The second-order valence-corrected chi connectivity index (χ2v) is 8.27. The van der Waals surface area contributed by atoms with Crippen molar-refractivity contribution in [1.29, 1.82) is 0 Å². The van der Waals surface area contributed by atoms with E-state index in [4.69, 9.17) is 18.9 Å². The standard InChI is InChI=1S/C29H33NO6/c1-3-5-7-19-33-23-10-14-25(15-11-23)35-28(31)22-9-18-27(30-21-22)29(32)36-26-16-12-24(13-17-26)34-20-8-6-4-2/h9-18,21H,3-8,19-20H2,1-2H3. The van der Waals surface area contributed by atoms with E-state index in [-0.39, 0.29) is 11.3 Å². The number of ether oxygens (including phenoxy) is 4. The monoisotopic (exact) mass is 491 g/mol. The second-order valence-electron chi connectivity index (χ2n) is 8.27. The number of unbranched alkanes of at least 4 members (excludes halogenated alkanes) is 4. The van der Waals surface area contributed by atoms with Crippen LogP contribution >= 0.6 is 0 Å². The number of benzene rings is 2. The van der Waals surface area contributed by atoms with E-state index in [1.165, 1.54) is 18.3 Å². The number of nitrogens with zero attached hydrogens (tertiary/aromatic N) is 1. The van der Waals surface area contributed by atoms with E-state index >= 15 is 0 Å². The van der Waals surface area contributed by atoms with E-state index in [1.54, 1.807) is 48.5 Å². The summed E-state index contributed by atoms with van der Waals surface area (Å²) in [6, 6.07) is 16.6. The van der Waals surface area contributed by atoms with Crippen LogP contribution in [0.5, 0.6) is 23.0 Å². The number of carbonyl (C=O) groups excluding carboxylic acids is 2. The Labute approximate surface area is 212 Å². The molecule has 0 atom stereocenters. The zero-order valence-corrected chi connectivity index (χ0v) is 20.9. The molecule has 3 rings (SSSR count). The third kappa shape index (κ3) is 8.73. The SMILES string of the molecule is CCCCCOc1ccc(OC(=O)c2ccc(C(=O)Oc3ccc(OCCCCC)cc3)nc2)cc1. The Morgan fingerprint density at radius 1 is 0.611 bits per heavy atom. The first-order valence-corrected chi connectivity index (χ1v) is 12.4. The van der Waals surface area contributed by atoms with Crippen molar-refractivity contribution in [3.8, 4) is 23.0 Å². The molecule has 0 saturated heterocycles. The van der Waals surface area contributed by atoms with Gasteiger partial charge < -0.3 is 18.9 Å². The Morgan fingerprint density at radius 2 is 1.08 bits per heavy atom. The van der Waals surface area contributed by atoms with Crippen LogP contribution in [0.1, 0.15) is 73.2 Å². The summed E-state index contributed by atoms with van der Waals surface area (Å²) in [5, 5.41) is 0. The molecule has 2 aromatic carbocycles. The van der Waals surface area contributed by atoms with Gasteiger partial charge in [-0.25, -0.2) is 14.6 Å². The lowest BCUT2D eigenvalue weighted by Gasteiger charge is -2.08. The van der Waals surface area contributed by atoms with Gasteiger partial charge in [0.25, 0.3) is 0 Å². The van der Waals surface area contributed by atoms with Crippen molar-refractivity contribution >= 4 is 11.9 Å². The predicted molar refractivity (Wildman–Crippen MR) is 137 cm³/mol. The summed E-state index contributed by atoms with van der Waals surface area (Å²) >= 11 is 0. The molecule has 0 aliphatic rings. The summed E-state index contributed by atoms with van der Waals surface area (Å²) in [6.45, 7) is 5.60. The number of rotatable bonds is 14. The lowest BCUT2D eigenvalue weighted by Crippen LogP contribution is -2.13. The quantitative estimate of drug-likeness (QED) is 0.142. The Bertz CT molecular complexity index is 990. The van der Waals surface area contributed by atoms with Crippen molar-refractivity contribution in [2.24, 2.45) is 0 Å². The number of aromatic nitrogens is 1. The van der Waals surface area contributed by atoms with Crippen molar-refractivity contribution in [3.63, 3.8) is 0 Å². The molecule has 36 heavy (non-hydrogen) atoms. The summed E-state index contributed by atoms with van der Waals surface area (Å²) < 4.78 is 22.1. The highest BCUT2D eigenvalue weighted by molar-refractivity contribution is 5.93. The van der Waals surface area contributed by atoms with E-state index in [0.29, 0.717) is 24.7 Å². The summed E-state index contributed by atoms with van der Waals surface area (Å²) in [5.41, 5.74) is 0.298. The molecular weight excluding hydrogens is 458 g/mol. The van der Waals surface area contributed by atoms with Gasteiger partial charge in [-0.05, 0) is 73.5 Å². The van der Waals surface area contributed by atoms with Crippen LogP contribution in [-0.4, -0.2) is 30.1 Å². The summed E-state index contributed by atoms with van der Waals surface area (Å²) in [7, 11) is 0. The van der Waals surface area contributed by atoms with Crippen LogP contribution in [-0.2, 0) is 0 Å². The van der Waals surface area contributed by atoms with Gasteiger partial charge in [-0.15, -0.1) is 0 Å². The maximum absolute atomic E-state index is 12.4. The first-order valence-electron chi connectivity index (χ1n) is 12.4. The van der Waals surface area contributed by atoms with Gasteiger partial charge in [-0.2, -0.15) is 0 Å². The fraction of sp³-hybridized carbons (Fsp3) is 0.345. The van der Waals surface area contributed by atoms with Crippen molar-refractivity contribution in [2.75, 3.05) is 13.2 Å². The summed E-state index contributed by atoms with van der Waals surface area (Å²) in [6.07, 6.45) is 7.82. The lowest BCUT2D eigenvalue weighted by atomic mass is 10.2. The Kier molecular flexibility index (Phi) is 10.8. The minimum Gasteiger partial charge on any atom is -0.494 e.